The van der Waals surface area contributed by atoms with Crippen molar-refractivity contribution in [1.29, 1.82) is 0 Å². The maximum absolute atomic E-state index is 11.7. The molecule has 1 amide bonds. The molecule has 1 heterocycles. The minimum absolute atomic E-state index is 0.00220. The van der Waals surface area contributed by atoms with Gasteiger partial charge < -0.3 is 15.2 Å². The van der Waals surface area contributed by atoms with Crippen molar-refractivity contribution in [2.24, 2.45) is 11.8 Å². The molecule has 3 atom stereocenters. The topological polar surface area (TPSA) is 75.6 Å². The number of hydrogen-bond donors (Lipinski definition) is 2. The Balaban J connectivity index is 2.28. The molecule has 0 aromatic heterocycles. The van der Waals surface area contributed by atoms with Crippen LogP contribution in [0.1, 0.15) is 33.6 Å². The van der Waals surface area contributed by atoms with E-state index in [4.69, 9.17) is 9.84 Å². The number of carbonyl (C=O) groups is 2. The second-order valence-electron chi connectivity index (χ2n) is 4.94. The zero-order valence-electron chi connectivity index (χ0n) is 10.6. The lowest BCUT2D eigenvalue weighted by Gasteiger charge is -2.17. The largest absolute Gasteiger partial charge is 0.479 e. The molecule has 1 rings (SSSR count). The van der Waals surface area contributed by atoms with Gasteiger partial charge in [-0.2, -0.15) is 0 Å². The summed E-state index contributed by atoms with van der Waals surface area (Å²) >= 11 is 0. The van der Waals surface area contributed by atoms with Crippen LogP contribution in [0.15, 0.2) is 0 Å². The third-order valence-corrected chi connectivity index (χ3v) is 3.30. The molecule has 1 aliphatic heterocycles. The molecule has 98 valence electrons. The highest BCUT2D eigenvalue weighted by Crippen LogP contribution is 2.19. The van der Waals surface area contributed by atoms with Crippen LogP contribution >= 0.6 is 0 Å². The molecule has 0 aromatic rings. The van der Waals surface area contributed by atoms with Gasteiger partial charge in [0, 0.05) is 12.5 Å². The standard InChI is InChI=1S/C12H21NO4/c1-7(2)8(3)11(14)13-6-9-4-5-10(17-9)12(15)16/h7-10H,4-6H2,1-3H3,(H,13,14)(H,15,16). The summed E-state index contributed by atoms with van der Waals surface area (Å²) in [5.74, 6) is -0.658. The Morgan fingerprint density at radius 3 is 2.47 bits per heavy atom. The summed E-state index contributed by atoms with van der Waals surface area (Å²) in [6.45, 7) is 6.28. The van der Waals surface area contributed by atoms with E-state index in [0.717, 1.165) is 0 Å². The van der Waals surface area contributed by atoms with Gasteiger partial charge in [0.15, 0.2) is 6.10 Å². The Kier molecular flexibility index (Phi) is 4.93. The summed E-state index contributed by atoms with van der Waals surface area (Å²) in [5, 5.41) is 11.6. The first kappa shape index (κ1) is 14.0. The molecule has 0 bridgehead atoms. The van der Waals surface area contributed by atoms with Gasteiger partial charge in [-0.15, -0.1) is 0 Å². The molecule has 1 saturated heterocycles. The van der Waals surface area contributed by atoms with Crippen molar-refractivity contribution in [3.05, 3.63) is 0 Å². The smallest absolute Gasteiger partial charge is 0.332 e. The average Bonchev–Trinajstić information content (AvgIpc) is 2.73. The van der Waals surface area contributed by atoms with Gasteiger partial charge in [-0.25, -0.2) is 4.79 Å². The van der Waals surface area contributed by atoms with E-state index in [1.54, 1.807) is 0 Å². The number of carboxylic acid groups (broad SMARTS) is 1. The Morgan fingerprint density at radius 1 is 1.35 bits per heavy atom. The Bertz CT molecular complexity index is 290. The van der Waals surface area contributed by atoms with E-state index in [0.29, 0.717) is 25.3 Å². The molecular weight excluding hydrogens is 222 g/mol. The first-order valence-electron chi connectivity index (χ1n) is 6.07. The molecule has 5 nitrogen and oxygen atoms in total. The summed E-state index contributed by atoms with van der Waals surface area (Å²) in [5.41, 5.74) is 0. The molecule has 17 heavy (non-hydrogen) atoms. The van der Waals surface area contributed by atoms with E-state index in [1.807, 2.05) is 20.8 Å². The fourth-order valence-electron chi connectivity index (χ4n) is 1.72. The van der Waals surface area contributed by atoms with Gasteiger partial charge in [-0.05, 0) is 18.8 Å². The van der Waals surface area contributed by atoms with E-state index in [-0.39, 0.29) is 17.9 Å². The third kappa shape index (κ3) is 4.00. The fourth-order valence-corrected chi connectivity index (χ4v) is 1.72. The molecule has 0 aromatic carbocycles. The maximum Gasteiger partial charge on any atom is 0.332 e. The molecule has 0 spiro atoms. The highest BCUT2D eigenvalue weighted by atomic mass is 16.5. The van der Waals surface area contributed by atoms with Gasteiger partial charge in [0.2, 0.25) is 5.91 Å². The zero-order chi connectivity index (χ0) is 13.0. The number of carbonyl (C=O) groups excluding carboxylic acids is 1. The minimum atomic E-state index is -0.922. The van der Waals surface area contributed by atoms with Crippen molar-refractivity contribution in [2.75, 3.05) is 6.54 Å². The van der Waals surface area contributed by atoms with Crippen LogP contribution in [0.5, 0.6) is 0 Å². The first-order chi connectivity index (χ1) is 7.91. The van der Waals surface area contributed by atoms with Crippen LogP contribution in [0.2, 0.25) is 0 Å². The van der Waals surface area contributed by atoms with Gasteiger partial charge in [0.25, 0.3) is 0 Å². The van der Waals surface area contributed by atoms with Crippen molar-refractivity contribution in [2.45, 2.75) is 45.8 Å². The highest BCUT2D eigenvalue weighted by molar-refractivity contribution is 5.78. The number of nitrogens with one attached hydrogen (secondary N) is 1. The molecule has 0 radical (unpaired) electrons. The van der Waals surface area contributed by atoms with E-state index >= 15 is 0 Å². The lowest BCUT2D eigenvalue weighted by molar-refractivity contribution is -0.149. The van der Waals surface area contributed by atoms with E-state index in [1.165, 1.54) is 0 Å². The molecule has 3 unspecified atom stereocenters. The summed E-state index contributed by atoms with van der Waals surface area (Å²) in [7, 11) is 0. The number of amides is 1. The normalized spacial score (nSPS) is 25.9. The number of rotatable bonds is 5. The first-order valence-corrected chi connectivity index (χ1v) is 6.07. The molecule has 2 N–H and O–H groups in total. The van der Waals surface area contributed by atoms with Crippen molar-refractivity contribution < 1.29 is 19.4 Å². The SMILES string of the molecule is CC(C)C(C)C(=O)NCC1CCC(C(=O)O)O1. The van der Waals surface area contributed by atoms with Crippen molar-refractivity contribution in [3.63, 3.8) is 0 Å². The van der Waals surface area contributed by atoms with Crippen LogP contribution in [0, 0.1) is 11.8 Å². The number of hydrogen-bond acceptors (Lipinski definition) is 3. The van der Waals surface area contributed by atoms with E-state index in [9.17, 15) is 9.59 Å². The Morgan fingerprint density at radius 2 is 2.00 bits per heavy atom. The van der Waals surface area contributed by atoms with Crippen LogP contribution in [-0.2, 0) is 14.3 Å². The van der Waals surface area contributed by atoms with Gasteiger partial charge in [-0.3, -0.25) is 4.79 Å². The number of carboxylic acids is 1. The van der Waals surface area contributed by atoms with Crippen LogP contribution < -0.4 is 5.32 Å². The molecular formula is C12H21NO4. The lowest BCUT2D eigenvalue weighted by atomic mass is 9.97. The maximum atomic E-state index is 11.7. The quantitative estimate of drug-likeness (QED) is 0.756. The Hall–Kier alpha value is -1.10. The Labute approximate surface area is 102 Å². The second-order valence-corrected chi connectivity index (χ2v) is 4.94. The van der Waals surface area contributed by atoms with Crippen molar-refractivity contribution >= 4 is 11.9 Å². The monoisotopic (exact) mass is 243 g/mol. The average molecular weight is 243 g/mol. The fraction of sp³-hybridized carbons (Fsp3) is 0.833. The van der Waals surface area contributed by atoms with Crippen LogP contribution in [0.3, 0.4) is 0 Å². The predicted molar refractivity (Wildman–Crippen MR) is 62.5 cm³/mol. The zero-order valence-corrected chi connectivity index (χ0v) is 10.6. The van der Waals surface area contributed by atoms with Crippen molar-refractivity contribution in [1.82, 2.24) is 5.32 Å². The van der Waals surface area contributed by atoms with Crippen LogP contribution in [-0.4, -0.2) is 35.7 Å². The predicted octanol–water partition coefficient (Wildman–Crippen LogP) is 1.03. The summed E-state index contributed by atoms with van der Waals surface area (Å²) < 4.78 is 5.30. The molecule has 0 saturated carbocycles. The number of ether oxygens (including phenoxy) is 1. The number of aliphatic carboxylic acids is 1. The highest BCUT2D eigenvalue weighted by Gasteiger charge is 2.30. The van der Waals surface area contributed by atoms with Crippen LogP contribution in [0.4, 0.5) is 0 Å². The summed E-state index contributed by atoms with van der Waals surface area (Å²) in [4.78, 5) is 22.3. The molecule has 0 aliphatic carbocycles. The molecule has 1 aliphatic rings. The van der Waals surface area contributed by atoms with Gasteiger partial charge >= 0.3 is 5.97 Å². The minimum Gasteiger partial charge on any atom is -0.479 e. The third-order valence-electron chi connectivity index (χ3n) is 3.30. The lowest BCUT2D eigenvalue weighted by Crippen LogP contribution is -2.37. The second kappa shape index (κ2) is 6.00. The van der Waals surface area contributed by atoms with Crippen molar-refractivity contribution in [3.8, 4) is 0 Å². The van der Waals surface area contributed by atoms with Gasteiger partial charge in [0.1, 0.15) is 0 Å². The molecule has 1 fully saturated rings. The van der Waals surface area contributed by atoms with Gasteiger partial charge in [-0.1, -0.05) is 20.8 Å². The van der Waals surface area contributed by atoms with Gasteiger partial charge in [0.05, 0.1) is 6.10 Å². The molecule has 5 heteroatoms. The summed E-state index contributed by atoms with van der Waals surface area (Å²) in [6.07, 6.45) is 0.335. The van der Waals surface area contributed by atoms with Crippen LogP contribution in [0.25, 0.3) is 0 Å². The van der Waals surface area contributed by atoms with E-state index in [2.05, 4.69) is 5.32 Å². The van der Waals surface area contributed by atoms with E-state index < -0.39 is 12.1 Å². The summed E-state index contributed by atoms with van der Waals surface area (Å²) in [6, 6.07) is 0.